The standard InChI is InChI=1S/C14H12F3N3O3/c15-14(16,17)9-1-3-10(4-2-9)19-13(23)11-5-7-18-20(11)8-6-12(21)22/h1-5,7H,6,8H2,(H,19,23)(H,21,22). The first-order valence-corrected chi connectivity index (χ1v) is 6.49. The first-order chi connectivity index (χ1) is 10.8. The number of benzene rings is 1. The number of hydrogen-bond donors (Lipinski definition) is 2. The topological polar surface area (TPSA) is 84.2 Å². The van der Waals surface area contributed by atoms with Crippen LogP contribution in [0.5, 0.6) is 0 Å². The summed E-state index contributed by atoms with van der Waals surface area (Å²) in [6, 6.07) is 5.38. The number of carboxylic acid groups (broad SMARTS) is 1. The van der Waals surface area contributed by atoms with E-state index in [1.54, 1.807) is 0 Å². The Bertz CT molecular complexity index is 708. The van der Waals surface area contributed by atoms with Crippen LogP contribution in [0.15, 0.2) is 36.5 Å². The number of carbonyl (C=O) groups is 2. The molecule has 2 aromatic rings. The molecule has 1 amide bonds. The molecule has 6 nitrogen and oxygen atoms in total. The molecule has 0 saturated heterocycles. The van der Waals surface area contributed by atoms with Crippen LogP contribution >= 0.6 is 0 Å². The fraction of sp³-hybridized carbons (Fsp3) is 0.214. The second kappa shape index (κ2) is 6.51. The van der Waals surface area contributed by atoms with E-state index < -0.39 is 23.6 Å². The van der Waals surface area contributed by atoms with E-state index in [-0.39, 0.29) is 24.3 Å². The number of anilines is 1. The quantitative estimate of drug-likeness (QED) is 0.884. The van der Waals surface area contributed by atoms with Gasteiger partial charge in [0, 0.05) is 11.9 Å². The molecule has 0 fully saturated rings. The first-order valence-electron chi connectivity index (χ1n) is 6.49. The maximum absolute atomic E-state index is 12.5. The number of rotatable bonds is 5. The first kappa shape index (κ1) is 16.5. The lowest BCUT2D eigenvalue weighted by atomic mass is 10.2. The minimum absolute atomic E-state index is 0.0120. The van der Waals surface area contributed by atoms with Crippen molar-refractivity contribution in [1.29, 1.82) is 0 Å². The number of halogens is 3. The third-order valence-electron chi connectivity index (χ3n) is 2.96. The van der Waals surface area contributed by atoms with Gasteiger partial charge in [0.2, 0.25) is 0 Å². The van der Waals surface area contributed by atoms with Crippen molar-refractivity contribution in [2.75, 3.05) is 5.32 Å². The second-order valence-electron chi connectivity index (χ2n) is 4.61. The van der Waals surface area contributed by atoms with E-state index in [4.69, 9.17) is 5.11 Å². The van der Waals surface area contributed by atoms with Gasteiger partial charge in [-0.05, 0) is 30.3 Å². The molecule has 122 valence electrons. The van der Waals surface area contributed by atoms with E-state index in [1.807, 2.05) is 0 Å². The highest BCUT2D eigenvalue weighted by atomic mass is 19.4. The van der Waals surface area contributed by atoms with Gasteiger partial charge in [0.15, 0.2) is 0 Å². The van der Waals surface area contributed by atoms with Crippen molar-refractivity contribution in [1.82, 2.24) is 9.78 Å². The van der Waals surface area contributed by atoms with Crippen molar-refractivity contribution in [3.05, 3.63) is 47.8 Å². The summed E-state index contributed by atoms with van der Waals surface area (Å²) in [4.78, 5) is 22.6. The zero-order chi connectivity index (χ0) is 17.0. The number of carboxylic acids is 1. The van der Waals surface area contributed by atoms with E-state index >= 15 is 0 Å². The normalized spacial score (nSPS) is 11.3. The van der Waals surface area contributed by atoms with Gasteiger partial charge in [-0.3, -0.25) is 14.3 Å². The summed E-state index contributed by atoms with van der Waals surface area (Å²) in [5.74, 6) is -1.62. The van der Waals surface area contributed by atoms with Crippen molar-refractivity contribution in [3.63, 3.8) is 0 Å². The summed E-state index contributed by atoms with van der Waals surface area (Å²) in [5, 5.41) is 14.9. The van der Waals surface area contributed by atoms with Crippen molar-refractivity contribution in [2.45, 2.75) is 19.1 Å². The van der Waals surface area contributed by atoms with Crippen LogP contribution in [0.3, 0.4) is 0 Å². The molecule has 2 rings (SSSR count). The number of alkyl halides is 3. The van der Waals surface area contributed by atoms with Crippen LogP contribution in [0.4, 0.5) is 18.9 Å². The lowest BCUT2D eigenvalue weighted by Crippen LogP contribution is -2.19. The van der Waals surface area contributed by atoms with Gasteiger partial charge in [-0.2, -0.15) is 18.3 Å². The molecule has 0 radical (unpaired) electrons. The van der Waals surface area contributed by atoms with Crippen molar-refractivity contribution < 1.29 is 27.9 Å². The fourth-order valence-corrected chi connectivity index (χ4v) is 1.84. The maximum Gasteiger partial charge on any atom is 0.416 e. The van der Waals surface area contributed by atoms with E-state index in [1.165, 1.54) is 16.9 Å². The number of aromatic nitrogens is 2. The van der Waals surface area contributed by atoms with Gasteiger partial charge in [0.25, 0.3) is 5.91 Å². The Hall–Kier alpha value is -2.84. The van der Waals surface area contributed by atoms with Gasteiger partial charge in [0.1, 0.15) is 5.69 Å². The molecule has 0 atom stereocenters. The van der Waals surface area contributed by atoms with Crippen molar-refractivity contribution in [3.8, 4) is 0 Å². The molecule has 0 bridgehead atoms. The lowest BCUT2D eigenvalue weighted by molar-refractivity contribution is -0.138. The summed E-state index contributed by atoms with van der Waals surface area (Å²) >= 11 is 0. The molecular weight excluding hydrogens is 315 g/mol. The predicted molar refractivity (Wildman–Crippen MR) is 73.9 cm³/mol. The number of nitrogens with one attached hydrogen (secondary N) is 1. The molecule has 1 aromatic heterocycles. The Morgan fingerprint density at radius 1 is 1.17 bits per heavy atom. The molecule has 0 saturated carbocycles. The summed E-state index contributed by atoms with van der Waals surface area (Å²) in [6.45, 7) is 0.0120. The van der Waals surface area contributed by atoms with Crippen LogP contribution in [0.25, 0.3) is 0 Å². The second-order valence-corrected chi connectivity index (χ2v) is 4.61. The monoisotopic (exact) mass is 327 g/mol. The van der Waals surface area contributed by atoms with Gasteiger partial charge in [-0.15, -0.1) is 0 Å². The third-order valence-corrected chi connectivity index (χ3v) is 2.96. The van der Waals surface area contributed by atoms with Crippen LogP contribution in [0, 0.1) is 0 Å². The third kappa shape index (κ3) is 4.31. The van der Waals surface area contributed by atoms with Crippen molar-refractivity contribution >= 4 is 17.6 Å². The van der Waals surface area contributed by atoms with Crippen LogP contribution < -0.4 is 5.32 Å². The van der Waals surface area contributed by atoms with E-state index in [9.17, 15) is 22.8 Å². The minimum atomic E-state index is -4.45. The van der Waals surface area contributed by atoms with Gasteiger partial charge >= 0.3 is 12.1 Å². The summed E-state index contributed by atoms with van der Waals surface area (Å²) in [7, 11) is 0. The number of hydrogen-bond acceptors (Lipinski definition) is 3. The summed E-state index contributed by atoms with van der Waals surface area (Å²) in [5.41, 5.74) is -0.512. The molecule has 0 aliphatic heterocycles. The zero-order valence-corrected chi connectivity index (χ0v) is 11.7. The minimum Gasteiger partial charge on any atom is -0.481 e. The Morgan fingerprint density at radius 2 is 1.83 bits per heavy atom. The summed E-state index contributed by atoms with van der Waals surface area (Å²) in [6.07, 6.45) is -3.32. The molecule has 2 N–H and O–H groups in total. The molecule has 0 spiro atoms. The number of aryl methyl sites for hydroxylation is 1. The Labute approximate surface area is 128 Å². The average molecular weight is 327 g/mol. The number of carbonyl (C=O) groups excluding carboxylic acids is 1. The maximum atomic E-state index is 12.5. The average Bonchev–Trinajstić information content (AvgIpc) is 2.93. The van der Waals surface area contributed by atoms with E-state index in [0.29, 0.717) is 0 Å². The highest BCUT2D eigenvalue weighted by molar-refractivity contribution is 6.03. The van der Waals surface area contributed by atoms with Crippen LogP contribution in [0.2, 0.25) is 0 Å². The summed E-state index contributed by atoms with van der Waals surface area (Å²) < 4.78 is 38.6. The molecule has 1 heterocycles. The van der Waals surface area contributed by atoms with Gasteiger partial charge in [-0.25, -0.2) is 0 Å². The zero-order valence-electron chi connectivity index (χ0n) is 11.7. The van der Waals surface area contributed by atoms with Crippen LogP contribution in [0.1, 0.15) is 22.5 Å². The lowest BCUT2D eigenvalue weighted by Gasteiger charge is -2.09. The Balaban J connectivity index is 2.08. The highest BCUT2D eigenvalue weighted by Gasteiger charge is 2.30. The largest absolute Gasteiger partial charge is 0.481 e. The SMILES string of the molecule is O=C(O)CCn1nccc1C(=O)Nc1ccc(C(F)(F)F)cc1. The number of aliphatic carboxylic acids is 1. The van der Waals surface area contributed by atoms with Gasteiger partial charge in [0.05, 0.1) is 18.5 Å². The molecule has 23 heavy (non-hydrogen) atoms. The Kier molecular flexibility index (Phi) is 4.68. The molecule has 9 heteroatoms. The van der Waals surface area contributed by atoms with E-state index in [0.717, 1.165) is 24.3 Å². The number of amides is 1. The molecular formula is C14H12F3N3O3. The number of nitrogens with zero attached hydrogens (tertiary/aromatic N) is 2. The fourth-order valence-electron chi connectivity index (χ4n) is 1.84. The van der Waals surface area contributed by atoms with Crippen LogP contribution in [-0.4, -0.2) is 26.8 Å². The Morgan fingerprint density at radius 3 is 2.39 bits per heavy atom. The molecule has 0 unspecified atom stereocenters. The molecule has 0 aliphatic carbocycles. The smallest absolute Gasteiger partial charge is 0.416 e. The van der Waals surface area contributed by atoms with Gasteiger partial charge in [-0.1, -0.05) is 0 Å². The van der Waals surface area contributed by atoms with Gasteiger partial charge < -0.3 is 10.4 Å². The van der Waals surface area contributed by atoms with Crippen LogP contribution in [-0.2, 0) is 17.5 Å². The van der Waals surface area contributed by atoms with E-state index in [2.05, 4.69) is 10.4 Å². The van der Waals surface area contributed by atoms with Crippen molar-refractivity contribution in [2.24, 2.45) is 0 Å². The molecule has 0 aliphatic rings. The highest BCUT2D eigenvalue weighted by Crippen LogP contribution is 2.29. The molecule has 1 aromatic carbocycles. The predicted octanol–water partition coefficient (Wildman–Crippen LogP) is 2.63.